The zero-order chi connectivity index (χ0) is 17.8. The van der Waals surface area contributed by atoms with E-state index in [9.17, 15) is 23.1 Å². The predicted octanol–water partition coefficient (Wildman–Crippen LogP) is 1.96. The Kier molecular flexibility index (Phi) is 5.61. The highest BCUT2D eigenvalue weighted by Gasteiger charge is 2.45. The Hall–Kier alpha value is -1.93. The van der Waals surface area contributed by atoms with Crippen molar-refractivity contribution in [3.05, 3.63) is 24.3 Å². The maximum atomic E-state index is 12.0. The Morgan fingerprint density at radius 1 is 1.21 bits per heavy atom. The van der Waals surface area contributed by atoms with E-state index in [1.165, 1.54) is 24.3 Å². The summed E-state index contributed by atoms with van der Waals surface area (Å²) in [5.41, 5.74) is -0.508. The molecule has 0 heterocycles. The molecule has 1 fully saturated rings. The van der Waals surface area contributed by atoms with Crippen molar-refractivity contribution >= 4 is 27.6 Å². The second-order valence-electron chi connectivity index (χ2n) is 6.09. The molecule has 1 amide bonds. The van der Waals surface area contributed by atoms with Gasteiger partial charge in [0.2, 0.25) is 15.9 Å². The molecule has 7 nitrogen and oxygen atoms in total. The third-order valence-electron chi connectivity index (χ3n) is 4.25. The molecular formula is C16H22N2O5S. The summed E-state index contributed by atoms with van der Waals surface area (Å²) in [4.78, 5) is 23.4. The Labute approximate surface area is 141 Å². The van der Waals surface area contributed by atoms with Gasteiger partial charge in [-0.3, -0.25) is 9.59 Å². The molecule has 24 heavy (non-hydrogen) atoms. The molecule has 8 heteroatoms. The van der Waals surface area contributed by atoms with Gasteiger partial charge in [-0.2, -0.15) is 0 Å². The minimum absolute atomic E-state index is 0.0690. The number of benzene rings is 1. The fraction of sp³-hybridized carbons (Fsp3) is 0.500. The van der Waals surface area contributed by atoms with Crippen LogP contribution in [0.1, 0.15) is 39.0 Å². The summed E-state index contributed by atoms with van der Waals surface area (Å²) >= 11 is 0. The normalized spacial score (nSPS) is 16.2. The number of anilines is 1. The highest BCUT2D eigenvalue weighted by molar-refractivity contribution is 7.89. The average molecular weight is 354 g/mol. The highest BCUT2D eigenvalue weighted by Crippen LogP contribution is 2.44. The Bertz CT molecular complexity index is 708. The van der Waals surface area contributed by atoms with Crippen molar-refractivity contribution in [3.63, 3.8) is 0 Å². The van der Waals surface area contributed by atoms with Crippen LogP contribution in [0.25, 0.3) is 0 Å². The van der Waals surface area contributed by atoms with Crippen molar-refractivity contribution in [2.75, 3.05) is 11.9 Å². The van der Waals surface area contributed by atoms with Crippen LogP contribution in [0, 0.1) is 5.41 Å². The Morgan fingerprint density at radius 3 is 2.29 bits per heavy atom. The van der Waals surface area contributed by atoms with Gasteiger partial charge < -0.3 is 10.4 Å². The SMILES string of the molecule is CCCNS(=O)(=O)c1ccc(NC(=O)CC2(C(=O)O)CCC2)cc1. The number of amides is 1. The summed E-state index contributed by atoms with van der Waals surface area (Å²) in [5.74, 6) is -1.32. The first-order valence-corrected chi connectivity index (χ1v) is 9.40. The molecule has 1 aliphatic rings. The molecule has 1 aromatic rings. The van der Waals surface area contributed by atoms with Crippen LogP contribution in [0.4, 0.5) is 5.69 Å². The zero-order valence-electron chi connectivity index (χ0n) is 13.5. The number of sulfonamides is 1. The molecule has 0 spiro atoms. The van der Waals surface area contributed by atoms with Crippen molar-refractivity contribution in [2.45, 2.75) is 43.9 Å². The highest BCUT2D eigenvalue weighted by atomic mass is 32.2. The van der Waals surface area contributed by atoms with Crippen molar-refractivity contribution in [1.29, 1.82) is 0 Å². The van der Waals surface area contributed by atoms with Gasteiger partial charge >= 0.3 is 5.97 Å². The standard InChI is InChI=1S/C16H22N2O5S/c1-2-10-17-24(22,23)13-6-4-12(5-7-13)18-14(19)11-16(15(20)21)8-3-9-16/h4-7,17H,2-3,8-11H2,1H3,(H,18,19)(H,20,21). The van der Waals surface area contributed by atoms with Crippen LogP contribution >= 0.6 is 0 Å². The van der Waals surface area contributed by atoms with E-state index >= 15 is 0 Å². The lowest BCUT2D eigenvalue weighted by Gasteiger charge is -2.36. The number of aliphatic carboxylic acids is 1. The van der Waals surface area contributed by atoms with Gasteiger partial charge in [0.25, 0.3) is 0 Å². The van der Waals surface area contributed by atoms with Crippen molar-refractivity contribution < 1.29 is 23.1 Å². The number of carboxylic acid groups (broad SMARTS) is 1. The number of rotatable bonds is 8. The van der Waals surface area contributed by atoms with E-state index in [4.69, 9.17) is 0 Å². The number of hydrogen-bond acceptors (Lipinski definition) is 4. The molecule has 0 radical (unpaired) electrons. The lowest BCUT2D eigenvalue weighted by molar-refractivity contribution is -0.157. The maximum Gasteiger partial charge on any atom is 0.310 e. The van der Waals surface area contributed by atoms with Crippen LogP contribution in [0.5, 0.6) is 0 Å². The number of carboxylic acids is 1. The Morgan fingerprint density at radius 2 is 1.83 bits per heavy atom. The summed E-state index contributed by atoms with van der Waals surface area (Å²) in [6, 6.07) is 5.80. The summed E-state index contributed by atoms with van der Waals surface area (Å²) in [7, 11) is -3.54. The molecule has 1 aliphatic carbocycles. The third kappa shape index (κ3) is 4.12. The van der Waals surface area contributed by atoms with Gasteiger partial charge in [-0.1, -0.05) is 13.3 Å². The number of nitrogens with one attached hydrogen (secondary N) is 2. The van der Waals surface area contributed by atoms with Crippen LogP contribution in [0.3, 0.4) is 0 Å². The average Bonchev–Trinajstić information content (AvgIpc) is 2.49. The van der Waals surface area contributed by atoms with E-state index < -0.39 is 21.4 Å². The molecule has 132 valence electrons. The third-order valence-corrected chi connectivity index (χ3v) is 5.73. The first-order chi connectivity index (χ1) is 11.3. The van der Waals surface area contributed by atoms with Gasteiger partial charge in [0.15, 0.2) is 0 Å². The summed E-state index contributed by atoms with van der Waals surface area (Å²) < 4.78 is 26.4. The quantitative estimate of drug-likeness (QED) is 0.660. The second-order valence-corrected chi connectivity index (χ2v) is 7.85. The molecule has 3 N–H and O–H groups in total. The van der Waals surface area contributed by atoms with E-state index in [0.29, 0.717) is 31.5 Å². The second kappa shape index (κ2) is 7.31. The van der Waals surface area contributed by atoms with E-state index in [1.807, 2.05) is 6.92 Å². The number of carbonyl (C=O) groups excluding carboxylic acids is 1. The van der Waals surface area contributed by atoms with E-state index in [1.54, 1.807) is 0 Å². The molecule has 1 saturated carbocycles. The summed E-state index contributed by atoms with van der Waals surface area (Å²) in [6.45, 7) is 2.23. The van der Waals surface area contributed by atoms with Gasteiger partial charge in [0.05, 0.1) is 10.3 Å². The molecule has 0 unspecified atom stereocenters. The van der Waals surface area contributed by atoms with Gasteiger partial charge in [0, 0.05) is 18.7 Å². The largest absolute Gasteiger partial charge is 0.481 e. The molecule has 0 aromatic heterocycles. The van der Waals surface area contributed by atoms with Gasteiger partial charge in [-0.25, -0.2) is 13.1 Å². The monoisotopic (exact) mass is 354 g/mol. The van der Waals surface area contributed by atoms with Gasteiger partial charge in [0.1, 0.15) is 0 Å². The predicted molar refractivity (Wildman–Crippen MR) is 89.1 cm³/mol. The fourth-order valence-electron chi connectivity index (χ4n) is 2.62. The lowest BCUT2D eigenvalue weighted by Crippen LogP contribution is -2.41. The van der Waals surface area contributed by atoms with Crippen molar-refractivity contribution in [2.24, 2.45) is 5.41 Å². The van der Waals surface area contributed by atoms with Crippen LogP contribution in [-0.2, 0) is 19.6 Å². The smallest absolute Gasteiger partial charge is 0.310 e. The molecular weight excluding hydrogens is 332 g/mol. The summed E-state index contributed by atoms with van der Waals surface area (Å²) in [6.07, 6.45) is 2.46. The zero-order valence-corrected chi connectivity index (χ0v) is 14.4. The summed E-state index contributed by atoms with van der Waals surface area (Å²) in [5, 5.41) is 11.9. The molecule has 0 aliphatic heterocycles. The lowest BCUT2D eigenvalue weighted by atomic mass is 9.66. The number of hydrogen-bond donors (Lipinski definition) is 3. The van der Waals surface area contributed by atoms with Crippen LogP contribution < -0.4 is 10.0 Å². The first kappa shape index (κ1) is 18.4. The van der Waals surface area contributed by atoms with E-state index in [2.05, 4.69) is 10.0 Å². The van der Waals surface area contributed by atoms with Gasteiger partial charge in [-0.15, -0.1) is 0 Å². The molecule has 0 bridgehead atoms. The molecule has 0 atom stereocenters. The van der Waals surface area contributed by atoms with Gasteiger partial charge in [-0.05, 0) is 43.5 Å². The van der Waals surface area contributed by atoms with E-state index in [0.717, 1.165) is 6.42 Å². The van der Waals surface area contributed by atoms with Crippen LogP contribution in [0.15, 0.2) is 29.2 Å². The minimum atomic E-state index is -3.54. The first-order valence-electron chi connectivity index (χ1n) is 7.92. The minimum Gasteiger partial charge on any atom is -0.481 e. The molecule has 1 aromatic carbocycles. The van der Waals surface area contributed by atoms with Crippen LogP contribution in [0.2, 0.25) is 0 Å². The number of carbonyl (C=O) groups is 2. The van der Waals surface area contributed by atoms with Crippen LogP contribution in [-0.4, -0.2) is 31.9 Å². The Balaban J connectivity index is 1.99. The van der Waals surface area contributed by atoms with E-state index in [-0.39, 0.29) is 17.2 Å². The van der Waals surface area contributed by atoms with Crippen molar-refractivity contribution in [3.8, 4) is 0 Å². The maximum absolute atomic E-state index is 12.0. The fourth-order valence-corrected chi connectivity index (χ4v) is 3.75. The van der Waals surface area contributed by atoms with Crippen molar-refractivity contribution in [1.82, 2.24) is 4.72 Å². The molecule has 2 rings (SSSR count). The molecule has 0 saturated heterocycles. The topological polar surface area (TPSA) is 113 Å².